The van der Waals surface area contributed by atoms with E-state index in [0.717, 1.165) is 18.2 Å². The van der Waals surface area contributed by atoms with Gasteiger partial charge in [-0.3, -0.25) is 0 Å². The van der Waals surface area contributed by atoms with E-state index in [1.807, 2.05) is 24.3 Å². The second-order valence-corrected chi connectivity index (χ2v) is 7.03. The third-order valence-electron chi connectivity index (χ3n) is 5.02. The Balaban J connectivity index is 1.38. The molecule has 0 radical (unpaired) electrons. The third-order valence-corrected chi connectivity index (χ3v) is 5.02. The van der Waals surface area contributed by atoms with Crippen LogP contribution in [0.1, 0.15) is 30.5 Å². The lowest BCUT2D eigenvalue weighted by Crippen LogP contribution is -2.58. The summed E-state index contributed by atoms with van der Waals surface area (Å²) in [5.74, 6) is -0.536. The van der Waals surface area contributed by atoms with Crippen LogP contribution >= 0.6 is 0 Å². The van der Waals surface area contributed by atoms with Gasteiger partial charge < -0.3 is 9.64 Å². The number of benzene rings is 2. The second kappa shape index (κ2) is 7.58. The number of likely N-dealkylation sites (tertiary alicyclic amines) is 1. The lowest BCUT2D eigenvalue weighted by Gasteiger charge is -2.41. The summed E-state index contributed by atoms with van der Waals surface area (Å²) in [6, 6.07) is 10.4. The van der Waals surface area contributed by atoms with Gasteiger partial charge in [-0.15, -0.1) is 0 Å². The summed E-state index contributed by atoms with van der Waals surface area (Å²) in [4.78, 5) is 14.4. The van der Waals surface area contributed by atoms with E-state index in [9.17, 15) is 13.6 Å². The molecule has 146 valence electrons. The van der Waals surface area contributed by atoms with Crippen LogP contribution in [-0.2, 0) is 6.42 Å². The molecule has 0 aliphatic carbocycles. The number of hydrogen-bond donors (Lipinski definition) is 0. The number of carbonyl (C=O) groups excluding carboxylic acids is 1. The predicted molar refractivity (Wildman–Crippen MR) is 101 cm³/mol. The Morgan fingerprint density at radius 3 is 2.64 bits per heavy atom. The molecule has 2 amide bonds. The highest BCUT2D eigenvalue weighted by molar-refractivity contribution is 5.79. The number of hydrazone groups is 1. The number of hydrogen-bond acceptors (Lipinski definition) is 3. The molecule has 0 saturated carbocycles. The molecular weight excluding hydrogens is 364 g/mol. The van der Waals surface area contributed by atoms with E-state index in [-0.39, 0.29) is 12.1 Å². The molecule has 0 bridgehead atoms. The maximum absolute atomic E-state index is 13.5. The number of ether oxygens (including phenoxy) is 1. The fraction of sp³-hybridized carbons (Fsp3) is 0.333. The van der Waals surface area contributed by atoms with Gasteiger partial charge in [0.1, 0.15) is 23.5 Å². The van der Waals surface area contributed by atoms with Crippen LogP contribution in [0.15, 0.2) is 47.6 Å². The molecular formula is C21H21F2N3O2. The van der Waals surface area contributed by atoms with Crippen molar-refractivity contribution < 1.29 is 18.3 Å². The minimum absolute atomic E-state index is 0.0762. The number of urea groups is 1. The van der Waals surface area contributed by atoms with Crippen LogP contribution in [0.5, 0.6) is 5.75 Å². The highest BCUT2D eigenvalue weighted by atomic mass is 19.1. The minimum Gasteiger partial charge on any atom is -0.487 e. The van der Waals surface area contributed by atoms with Crippen LogP contribution < -0.4 is 4.74 Å². The van der Waals surface area contributed by atoms with Gasteiger partial charge in [0.05, 0.1) is 19.1 Å². The molecule has 1 saturated heterocycles. The first-order valence-electron chi connectivity index (χ1n) is 9.35. The van der Waals surface area contributed by atoms with Crippen molar-refractivity contribution in [1.29, 1.82) is 0 Å². The molecule has 4 rings (SSSR count). The Hall–Kier alpha value is -2.96. The lowest BCUT2D eigenvalue weighted by atomic mass is 10.0. The van der Waals surface area contributed by atoms with Gasteiger partial charge in [0.25, 0.3) is 0 Å². The Kier molecular flexibility index (Phi) is 4.98. The van der Waals surface area contributed by atoms with Gasteiger partial charge in [-0.2, -0.15) is 5.10 Å². The topological polar surface area (TPSA) is 45.1 Å². The van der Waals surface area contributed by atoms with Crippen molar-refractivity contribution >= 4 is 12.2 Å². The quantitative estimate of drug-likeness (QED) is 0.794. The van der Waals surface area contributed by atoms with Gasteiger partial charge in [-0.1, -0.05) is 19.1 Å². The first-order valence-corrected chi connectivity index (χ1v) is 9.35. The van der Waals surface area contributed by atoms with Crippen LogP contribution in [-0.4, -0.2) is 41.3 Å². The fourth-order valence-electron chi connectivity index (χ4n) is 3.49. The maximum Gasteiger partial charge on any atom is 0.341 e. The summed E-state index contributed by atoms with van der Waals surface area (Å²) in [5.41, 5.74) is 1.59. The van der Waals surface area contributed by atoms with E-state index in [0.29, 0.717) is 25.1 Å². The smallest absolute Gasteiger partial charge is 0.341 e. The molecule has 2 heterocycles. The number of nitrogens with zero attached hydrogens (tertiary/aromatic N) is 3. The number of carbonyl (C=O) groups is 1. The number of halogens is 2. The van der Waals surface area contributed by atoms with E-state index in [1.54, 1.807) is 11.1 Å². The molecule has 0 spiro atoms. The standard InChI is InChI=1S/C21H21F2N3O2/c1-2-14-4-3-5-18(8-14)28-19-12-25(13-19)21(27)26-20(6-7-24-26)15-9-16(22)11-17(23)10-15/h3-5,7-11,19-20H,2,6,12-13H2,1H3. The monoisotopic (exact) mass is 385 g/mol. The third kappa shape index (κ3) is 3.69. The van der Waals surface area contributed by atoms with Crippen LogP contribution in [0.4, 0.5) is 13.6 Å². The van der Waals surface area contributed by atoms with Gasteiger partial charge in [-0.05, 0) is 41.8 Å². The SMILES string of the molecule is CCc1cccc(OC2CN(C(=O)N3N=CCC3c3cc(F)cc(F)c3)C2)c1. The highest BCUT2D eigenvalue weighted by Crippen LogP contribution is 2.31. The molecule has 2 aromatic carbocycles. The van der Waals surface area contributed by atoms with E-state index in [4.69, 9.17) is 4.74 Å². The average Bonchev–Trinajstić information content (AvgIpc) is 3.13. The average molecular weight is 385 g/mol. The molecule has 0 N–H and O–H groups in total. The Morgan fingerprint density at radius 1 is 1.18 bits per heavy atom. The summed E-state index contributed by atoms with van der Waals surface area (Å²) in [6.45, 7) is 2.98. The molecule has 2 aromatic rings. The normalized spacial score (nSPS) is 19.0. The predicted octanol–water partition coefficient (Wildman–Crippen LogP) is 4.14. The van der Waals surface area contributed by atoms with Crippen molar-refractivity contribution in [3.63, 3.8) is 0 Å². The van der Waals surface area contributed by atoms with E-state index in [1.165, 1.54) is 22.7 Å². The molecule has 2 aliphatic rings. The summed E-state index contributed by atoms with van der Waals surface area (Å²) >= 11 is 0. The molecule has 1 unspecified atom stereocenters. The Labute approximate surface area is 162 Å². The number of rotatable bonds is 4. The van der Waals surface area contributed by atoms with Crippen molar-refractivity contribution in [2.45, 2.75) is 31.9 Å². The zero-order valence-corrected chi connectivity index (χ0v) is 15.5. The Bertz CT molecular complexity index is 892. The lowest BCUT2D eigenvalue weighted by molar-refractivity contribution is 0.0277. The van der Waals surface area contributed by atoms with E-state index < -0.39 is 17.7 Å². The molecule has 7 heteroatoms. The van der Waals surface area contributed by atoms with Gasteiger partial charge >= 0.3 is 6.03 Å². The van der Waals surface area contributed by atoms with Gasteiger partial charge in [0, 0.05) is 18.7 Å². The van der Waals surface area contributed by atoms with Gasteiger partial charge in [0.15, 0.2) is 0 Å². The van der Waals surface area contributed by atoms with Gasteiger partial charge in [-0.25, -0.2) is 18.6 Å². The second-order valence-electron chi connectivity index (χ2n) is 7.03. The van der Waals surface area contributed by atoms with Crippen molar-refractivity contribution in [2.24, 2.45) is 5.10 Å². The fourth-order valence-corrected chi connectivity index (χ4v) is 3.49. The molecule has 2 aliphatic heterocycles. The highest BCUT2D eigenvalue weighted by Gasteiger charge is 2.39. The first kappa shape index (κ1) is 18.4. The minimum atomic E-state index is -0.666. The molecule has 1 fully saturated rings. The molecule has 0 aromatic heterocycles. The van der Waals surface area contributed by atoms with Crippen LogP contribution in [0, 0.1) is 11.6 Å². The van der Waals surface area contributed by atoms with E-state index in [2.05, 4.69) is 12.0 Å². The summed E-state index contributed by atoms with van der Waals surface area (Å²) in [6.07, 6.45) is 2.87. The summed E-state index contributed by atoms with van der Waals surface area (Å²) in [5, 5.41) is 5.41. The number of aryl methyl sites for hydroxylation is 1. The first-order chi connectivity index (χ1) is 13.5. The van der Waals surface area contributed by atoms with Crippen molar-refractivity contribution in [3.8, 4) is 5.75 Å². The van der Waals surface area contributed by atoms with Crippen molar-refractivity contribution in [1.82, 2.24) is 9.91 Å². The summed E-state index contributed by atoms with van der Waals surface area (Å²) < 4.78 is 33.0. The molecule has 1 atom stereocenters. The van der Waals surface area contributed by atoms with E-state index >= 15 is 0 Å². The van der Waals surface area contributed by atoms with Crippen molar-refractivity contribution in [3.05, 3.63) is 65.2 Å². The van der Waals surface area contributed by atoms with Crippen LogP contribution in [0.2, 0.25) is 0 Å². The largest absolute Gasteiger partial charge is 0.487 e. The molecule has 5 nitrogen and oxygen atoms in total. The van der Waals surface area contributed by atoms with Crippen LogP contribution in [0.3, 0.4) is 0 Å². The zero-order valence-electron chi connectivity index (χ0n) is 15.5. The maximum atomic E-state index is 13.5. The molecule has 28 heavy (non-hydrogen) atoms. The Morgan fingerprint density at radius 2 is 1.93 bits per heavy atom. The van der Waals surface area contributed by atoms with Gasteiger partial charge in [0.2, 0.25) is 0 Å². The zero-order chi connectivity index (χ0) is 19.7. The number of amides is 2. The summed E-state index contributed by atoms with van der Waals surface area (Å²) in [7, 11) is 0. The van der Waals surface area contributed by atoms with Crippen molar-refractivity contribution in [2.75, 3.05) is 13.1 Å². The van der Waals surface area contributed by atoms with Crippen LogP contribution in [0.25, 0.3) is 0 Å².